The maximum Gasteiger partial charge on any atom is 0.0316 e. The molecule has 0 spiro atoms. The van der Waals surface area contributed by atoms with Gasteiger partial charge in [-0.1, -0.05) is 6.92 Å². The summed E-state index contributed by atoms with van der Waals surface area (Å²) in [6.07, 6.45) is 2.44. The lowest BCUT2D eigenvalue weighted by Crippen LogP contribution is -2.59. The van der Waals surface area contributed by atoms with Crippen LogP contribution in [0.1, 0.15) is 19.8 Å². The molecule has 1 rings (SSSR count). The third-order valence-electron chi connectivity index (χ3n) is 2.03. The fourth-order valence-corrected chi connectivity index (χ4v) is 1.40. The zero-order valence-corrected chi connectivity index (χ0v) is 8.38. The molecule has 0 amide bonds. The van der Waals surface area contributed by atoms with E-state index in [0.29, 0.717) is 0 Å². The van der Waals surface area contributed by atoms with Crippen molar-refractivity contribution in [2.75, 3.05) is 33.7 Å². The van der Waals surface area contributed by atoms with Crippen molar-refractivity contribution in [1.82, 2.24) is 20.7 Å². The van der Waals surface area contributed by atoms with Crippen molar-refractivity contribution < 1.29 is 0 Å². The van der Waals surface area contributed by atoms with Crippen molar-refractivity contribution >= 4 is 0 Å². The maximum absolute atomic E-state index is 3.35. The molecular formula is C8H20N4. The van der Waals surface area contributed by atoms with Crippen LogP contribution in [0.3, 0.4) is 0 Å². The highest BCUT2D eigenvalue weighted by molar-refractivity contribution is 4.58. The number of hydrazine groups is 3. The molecule has 1 N–H and O–H groups in total. The first kappa shape index (κ1) is 9.92. The first-order valence-corrected chi connectivity index (χ1v) is 4.70. The zero-order chi connectivity index (χ0) is 8.97. The second kappa shape index (κ2) is 4.77. The molecule has 1 heterocycles. The normalized spacial score (nSPS) is 22.0. The minimum atomic E-state index is 1.10. The van der Waals surface area contributed by atoms with Crippen LogP contribution in [0, 0.1) is 0 Å². The minimum Gasteiger partial charge on any atom is -0.233 e. The van der Waals surface area contributed by atoms with Crippen LogP contribution in [0.4, 0.5) is 0 Å². The Bertz CT molecular complexity index is 124. The molecule has 0 aromatic rings. The van der Waals surface area contributed by atoms with E-state index in [-0.39, 0.29) is 0 Å². The van der Waals surface area contributed by atoms with Crippen LogP contribution in [-0.4, -0.2) is 48.9 Å². The highest BCUT2D eigenvalue weighted by Gasteiger charge is 2.16. The van der Waals surface area contributed by atoms with Crippen LogP contribution < -0.4 is 5.53 Å². The van der Waals surface area contributed by atoms with E-state index in [1.165, 1.54) is 12.8 Å². The molecule has 0 saturated carbocycles. The molecule has 4 heteroatoms. The van der Waals surface area contributed by atoms with Crippen LogP contribution in [0.25, 0.3) is 0 Å². The topological polar surface area (TPSA) is 21.8 Å². The van der Waals surface area contributed by atoms with Gasteiger partial charge in [-0.2, -0.15) is 10.7 Å². The molecule has 0 radical (unpaired) electrons. The summed E-state index contributed by atoms with van der Waals surface area (Å²) in [4.78, 5) is 0. The van der Waals surface area contributed by atoms with E-state index in [2.05, 4.69) is 41.7 Å². The maximum atomic E-state index is 3.35. The molecule has 0 aromatic carbocycles. The van der Waals surface area contributed by atoms with Crippen LogP contribution in [0.5, 0.6) is 0 Å². The Labute approximate surface area is 75.0 Å². The Balaban J connectivity index is 2.30. The van der Waals surface area contributed by atoms with E-state index in [4.69, 9.17) is 0 Å². The van der Waals surface area contributed by atoms with Gasteiger partial charge in [0.05, 0.1) is 0 Å². The average molecular weight is 172 g/mol. The largest absolute Gasteiger partial charge is 0.233 e. The van der Waals surface area contributed by atoms with Crippen molar-refractivity contribution in [2.24, 2.45) is 0 Å². The number of hydrogen-bond donors (Lipinski definition) is 1. The Morgan fingerprint density at radius 2 is 2.08 bits per heavy atom. The molecular weight excluding hydrogens is 152 g/mol. The zero-order valence-electron chi connectivity index (χ0n) is 8.38. The number of hydrogen-bond acceptors (Lipinski definition) is 4. The third kappa shape index (κ3) is 2.71. The molecule has 0 unspecified atom stereocenters. The van der Waals surface area contributed by atoms with Gasteiger partial charge in [-0.05, 0) is 12.8 Å². The first-order valence-electron chi connectivity index (χ1n) is 4.70. The highest BCUT2D eigenvalue weighted by atomic mass is 15.9. The van der Waals surface area contributed by atoms with Crippen LogP contribution in [-0.2, 0) is 0 Å². The van der Waals surface area contributed by atoms with Crippen LogP contribution >= 0.6 is 0 Å². The van der Waals surface area contributed by atoms with Gasteiger partial charge < -0.3 is 0 Å². The number of rotatable bonds is 3. The second-order valence-electron chi connectivity index (χ2n) is 3.41. The summed E-state index contributed by atoms with van der Waals surface area (Å²) in [6.45, 7) is 5.60. The third-order valence-corrected chi connectivity index (χ3v) is 2.03. The molecule has 0 aliphatic carbocycles. The molecule has 12 heavy (non-hydrogen) atoms. The molecule has 1 aliphatic heterocycles. The standard InChI is InChI=1S/C8H20N4/c1-4-6-11-7-5-8-12(9-11)10(2)3/h9H,4-8H2,1-3H3. The van der Waals surface area contributed by atoms with E-state index < -0.39 is 0 Å². The van der Waals surface area contributed by atoms with Crippen molar-refractivity contribution in [3.63, 3.8) is 0 Å². The van der Waals surface area contributed by atoms with Gasteiger partial charge in [0.15, 0.2) is 0 Å². The van der Waals surface area contributed by atoms with E-state index in [0.717, 1.165) is 19.6 Å². The minimum absolute atomic E-state index is 1.10. The van der Waals surface area contributed by atoms with Gasteiger partial charge in [-0.3, -0.25) is 0 Å². The Morgan fingerprint density at radius 1 is 1.33 bits per heavy atom. The lowest BCUT2D eigenvalue weighted by molar-refractivity contribution is -0.129. The lowest BCUT2D eigenvalue weighted by Gasteiger charge is -2.39. The predicted octanol–water partition coefficient (Wildman–Crippen LogP) is 0.300. The summed E-state index contributed by atoms with van der Waals surface area (Å²) in [5, 5.41) is 6.49. The fraction of sp³-hybridized carbons (Fsp3) is 1.00. The fourth-order valence-electron chi connectivity index (χ4n) is 1.40. The Morgan fingerprint density at radius 3 is 2.67 bits per heavy atom. The summed E-state index contributed by atoms with van der Waals surface area (Å²) >= 11 is 0. The van der Waals surface area contributed by atoms with Gasteiger partial charge in [-0.15, -0.1) is 0 Å². The quantitative estimate of drug-likeness (QED) is 0.661. The van der Waals surface area contributed by atoms with Gasteiger partial charge in [0.25, 0.3) is 0 Å². The van der Waals surface area contributed by atoms with E-state index in [1.807, 2.05) is 0 Å². The summed E-state index contributed by atoms with van der Waals surface area (Å²) in [6, 6.07) is 0. The van der Waals surface area contributed by atoms with Gasteiger partial charge in [0.2, 0.25) is 0 Å². The molecule has 72 valence electrons. The summed E-state index contributed by atoms with van der Waals surface area (Å²) in [5.74, 6) is 0. The molecule has 4 nitrogen and oxygen atoms in total. The Hall–Kier alpha value is -0.160. The highest BCUT2D eigenvalue weighted by Crippen LogP contribution is 2.01. The monoisotopic (exact) mass is 172 g/mol. The second-order valence-corrected chi connectivity index (χ2v) is 3.41. The molecule has 1 fully saturated rings. The van der Waals surface area contributed by atoms with Gasteiger partial charge >= 0.3 is 0 Å². The molecule has 0 aromatic heterocycles. The summed E-state index contributed by atoms with van der Waals surface area (Å²) < 4.78 is 0. The molecule has 1 aliphatic rings. The van der Waals surface area contributed by atoms with Crippen molar-refractivity contribution in [3.05, 3.63) is 0 Å². The van der Waals surface area contributed by atoms with Gasteiger partial charge in [0, 0.05) is 33.7 Å². The van der Waals surface area contributed by atoms with Crippen LogP contribution in [0.15, 0.2) is 0 Å². The molecule has 1 saturated heterocycles. The van der Waals surface area contributed by atoms with Crippen molar-refractivity contribution in [3.8, 4) is 0 Å². The average Bonchev–Trinajstić information content (AvgIpc) is 2.05. The first-order chi connectivity index (χ1) is 5.74. The van der Waals surface area contributed by atoms with E-state index >= 15 is 0 Å². The Kier molecular flexibility index (Phi) is 3.94. The smallest absolute Gasteiger partial charge is 0.0316 e. The predicted molar refractivity (Wildman–Crippen MR) is 50.0 cm³/mol. The number of nitrogens with zero attached hydrogens (tertiary/aromatic N) is 3. The van der Waals surface area contributed by atoms with Gasteiger partial charge in [0.1, 0.15) is 0 Å². The van der Waals surface area contributed by atoms with Gasteiger partial charge in [-0.25, -0.2) is 10.0 Å². The summed E-state index contributed by atoms with van der Waals surface area (Å²) in [5.41, 5.74) is 3.35. The van der Waals surface area contributed by atoms with E-state index in [1.54, 1.807) is 0 Å². The molecule has 0 atom stereocenters. The van der Waals surface area contributed by atoms with Crippen molar-refractivity contribution in [2.45, 2.75) is 19.8 Å². The SMILES string of the molecule is CCCN1CCCN(N(C)C)N1. The number of nitrogens with one attached hydrogen (secondary N) is 1. The molecule has 0 bridgehead atoms. The van der Waals surface area contributed by atoms with Crippen LogP contribution in [0.2, 0.25) is 0 Å². The van der Waals surface area contributed by atoms with E-state index in [9.17, 15) is 0 Å². The van der Waals surface area contributed by atoms with Crippen molar-refractivity contribution in [1.29, 1.82) is 0 Å². The summed E-state index contributed by atoms with van der Waals surface area (Å²) in [7, 11) is 4.12. The lowest BCUT2D eigenvalue weighted by atomic mass is 10.3.